The van der Waals surface area contributed by atoms with E-state index in [0.717, 1.165) is 33.9 Å². The van der Waals surface area contributed by atoms with Crippen LogP contribution in [-0.4, -0.2) is 18.8 Å². The average molecular weight is 243 g/mol. The summed E-state index contributed by atoms with van der Waals surface area (Å²) in [5.41, 5.74) is 3.05. The minimum Gasteiger partial charge on any atom is -0.496 e. The lowest BCUT2D eigenvalue weighted by Crippen LogP contribution is -2.08. The molecule has 2 nitrogen and oxygen atoms in total. The average Bonchev–Trinajstić information content (AvgIpc) is 2.29. The molecule has 0 aliphatic rings. The highest BCUT2D eigenvalue weighted by Gasteiger charge is 2.19. The lowest BCUT2D eigenvalue weighted by Gasteiger charge is -2.20. The smallest absolute Gasteiger partial charge is 0.123 e. The van der Waals surface area contributed by atoms with Crippen molar-refractivity contribution in [2.45, 2.75) is 33.1 Å². The first kappa shape index (κ1) is 13.3. The number of methoxy groups -OCH3 is 1. The van der Waals surface area contributed by atoms with E-state index in [4.69, 9.17) is 16.3 Å². The highest BCUT2D eigenvalue weighted by atomic mass is 35.5. The summed E-state index contributed by atoms with van der Waals surface area (Å²) < 4.78 is 5.38. The van der Waals surface area contributed by atoms with Crippen molar-refractivity contribution in [2.75, 3.05) is 13.7 Å². The molecule has 1 N–H and O–H groups in total. The zero-order valence-electron chi connectivity index (χ0n) is 10.3. The summed E-state index contributed by atoms with van der Waals surface area (Å²) in [5, 5.41) is 10.2. The Kier molecular flexibility index (Phi) is 4.63. The molecule has 0 radical (unpaired) electrons. The lowest BCUT2D eigenvalue weighted by atomic mass is 9.91. The summed E-state index contributed by atoms with van der Waals surface area (Å²) >= 11 is 6.23. The summed E-state index contributed by atoms with van der Waals surface area (Å²) in [5.74, 6) is 0.911. The van der Waals surface area contributed by atoms with Gasteiger partial charge < -0.3 is 9.84 Å². The molecule has 0 aliphatic carbocycles. The predicted molar refractivity (Wildman–Crippen MR) is 67.6 cm³/mol. The second-order valence-corrected chi connectivity index (χ2v) is 4.41. The van der Waals surface area contributed by atoms with Gasteiger partial charge in [0.25, 0.3) is 0 Å². The molecule has 1 rings (SSSR count). The normalized spacial score (nSPS) is 12.6. The summed E-state index contributed by atoms with van der Waals surface area (Å²) in [6, 6.07) is 1.93. The molecule has 1 atom stereocenters. The minimum atomic E-state index is 0.0908. The second-order valence-electron chi connectivity index (χ2n) is 4.04. The third kappa shape index (κ3) is 2.33. The van der Waals surface area contributed by atoms with E-state index in [-0.39, 0.29) is 12.5 Å². The van der Waals surface area contributed by atoms with Crippen LogP contribution in [-0.2, 0) is 0 Å². The molecule has 0 saturated carbocycles. The van der Waals surface area contributed by atoms with Gasteiger partial charge in [0, 0.05) is 16.5 Å². The Morgan fingerprint density at radius 3 is 2.50 bits per heavy atom. The van der Waals surface area contributed by atoms with Crippen molar-refractivity contribution in [1.82, 2.24) is 0 Å². The third-order valence-electron chi connectivity index (χ3n) is 3.03. The fraction of sp³-hybridized carbons (Fsp3) is 0.538. The molecule has 0 aliphatic heterocycles. The fourth-order valence-corrected chi connectivity index (χ4v) is 2.19. The van der Waals surface area contributed by atoms with Gasteiger partial charge in [-0.05, 0) is 37.5 Å². The maximum Gasteiger partial charge on any atom is 0.123 e. The largest absolute Gasteiger partial charge is 0.496 e. The lowest BCUT2D eigenvalue weighted by molar-refractivity contribution is 0.258. The molecule has 0 fully saturated rings. The van der Waals surface area contributed by atoms with E-state index in [1.807, 2.05) is 26.8 Å². The van der Waals surface area contributed by atoms with Crippen LogP contribution in [0, 0.1) is 13.8 Å². The Bertz CT molecular complexity index is 371. The first-order chi connectivity index (χ1) is 7.56. The Morgan fingerprint density at radius 1 is 1.44 bits per heavy atom. The monoisotopic (exact) mass is 242 g/mol. The highest BCUT2D eigenvalue weighted by Crippen LogP contribution is 2.37. The van der Waals surface area contributed by atoms with Gasteiger partial charge in [-0.3, -0.25) is 0 Å². The number of benzene rings is 1. The van der Waals surface area contributed by atoms with Crippen molar-refractivity contribution in [3.05, 3.63) is 27.8 Å². The van der Waals surface area contributed by atoms with Gasteiger partial charge in [-0.2, -0.15) is 0 Å². The number of aliphatic hydroxyl groups is 1. The van der Waals surface area contributed by atoms with Crippen molar-refractivity contribution in [2.24, 2.45) is 0 Å². The molecule has 0 spiro atoms. The van der Waals surface area contributed by atoms with E-state index in [9.17, 15) is 5.11 Å². The Balaban J connectivity index is 3.40. The molecule has 1 aromatic carbocycles. The molecule has 16 heavy (non-hydrogen) atoms. The van der Waals surface area contributed by atoms with Gasteiger partial charge in [0.2, 0.25) is 0 Å². The van der Waals surface area contributed by atoms with Gasteiger partial charge in [0.15, 0.2) is 0 Å². The van der Waals surface area contributed by atoms with E-state index in [0.29, 0.717) is 0 Å². The molecule has 0 aromatic heterocycles. The van der Waals surface area contributed by atoms with Crippen molar-refractivity contribution in [3.8, 4) is 5.75 Å². The molecule has 90 valence electrons. The van der Waals surface area contributed by atoms with Gasteiger partial charge in [-0.15, -0.1) is 0 Å². The van der Waals surface area contributed by atoms with E-state index in [1.54, 1.807) is 7.11 Å². The van der Waals surface area contributed by atoms with Crippen LogP contribution in [0.2, 0.25) is 5.02 Å². The maximum absolute atomic E-state index is 9.39. The van der Waals surface area contributed by atoms with E-state index >= 15 is 0 Å². The molecule has 1 aromatic rings. The van der Waals surface area contributed by atoms with Crippen molar-refractivity contribution < 1.29 is 9.84 Å². The van der Waals surface area contributed by atoms with Crippen LogP contribution in [0.1, 0.15) is 36.0 Å². The number of rotatable bonds is 4. The first-order valence-corrected chi connectivity index (χ1v) is 5.89. The van der Waals surface area contributed by atoms with Crippen LogP contribution in [0.5, 0.6) is 5.75 Å². The second kappa shape index (κ2) is 5.55. The molecular formula is C13H19ClO2. The number of hydrogen-bond donors (Lipinski definition) is 1. The van der Waals surface area contributed by atoms with Gasteiger partial charge >= 0.3 is 0 Å². The van der Waals surface area contributed by atoms with Crippen LogP contribution in [0.25, 0.3) is 0 Å². The van der Waals surface area contributed by atoms with E-state index in [1.165, 1.54) is 0 Å². The summed E-state index contributed by atoms with van der Waals surface area (Å²) in [6.07, 6.45) is 0.868. The number of aryl methyl sites for hydroxylation is 1. The van der Waals surface area contributed by atoms with E-state index in [2.05, 4.69) is 0 Å². The van der Waals surface area contributed by atoms with Crippen molar-refractivity contribution in [3.63, 3.8) is 0 Å². The van der Waals surface area contributed by atoms with Gasteiger partial charge in [-0.1, -0.05) is 18.5 Å². The minimum absolute atomic E-state index is 0.0908. The Labute approximate surface area is 102 Å². The highest BCUT2D eigenvalue weighted by molar-refractivity contribution is 6.32. The standard InChI is InChI=1S/C13H19ClO2/c1-5-10(7-15)12-9(3)13(14)8(2)6-11(12)16-4/h6,10,15H,5,7H2,1-4H3. The fourth-order valence-electron chi connectivity index (χ4n) is 2.04. The van der Waals surface area contributed by atoms with Crippen molar-refractivity contribution in [1.29, 1.82) is 0 Å². The van der Waals surface area contributed by atoms with Crippen molar-refractivity contribution >= 4 is 11.6 Å². The molecule has 1 unspecified atom stereocenters. The quantitative estimate of drug-likeness (QED) is 0.876. The van der Waals surface area contributed by atoms with Gasteiger partial charge in [0.1, 0.15) is 5.75 Å². The van der Waals surface area contributed by atoms with Crippen LogP contribution in [0.4, 0.5) is 0 Å². The van der Waals surface area contributed by atoms with Crippen LogP contribution < -0.4 is 4.74 Å². The van der Waals surface area contributed by atoms with Gasteiger partial charge in [-0.25, -0.2) is 0 Å². The van der Waals surface area contributed by atoms with Gasteiger partial charge in [0.05, 0.1) is 13.7 Å². The maximum atomic E-state index is 9.39. The SMILES string of the molecule is CCC(CO)c1c(OC)cc(C)c(Cl)c1C. The van der Waals surface area contributed by atoms with Crippen LogP contribution in [0.15, 0.2) is 6.07 Å². The third-order valence-corrected chi connectivity index (χ3v) is 3.62. The molecule has 0 amide bonds. The summed E-state index contributed by atoms with van der Waals surface area (Å²) in [6.45, 7) is 6.10. The Morgan fingerprint density at radius 2 is 2.06 bits per heavy atom. The first-order valence-electron chi connectivity index (χ1n) is 5.51. The van der Waals surface area contributed by atoms with Crippen LogP contribution in [0.3, 0.4) is 0 Å². The molecular weight excluding hydrogens is 224 g/mol. The van der Waals surface area contributed by atoms with Crippen LogP contribution >= 0.6 is 11.6 Å². The zero-order valence-corrected chi connectivity index (χ0v) is 11.1. The number of ether oxygens (including phenoxy) is 1. The van der Waals surface area contributed by atoms with E-state index < -0.39 is 0 Å². The molecule has 0 saturated heterocycles. The predicted octanol–water partition coefficient (Wildman–Crippen LogP) is 3.45. The topological polar surface area (TPSA) is 29.5 Å². The summed E-state index contributed by atoms with van der Waals surface area (Å²) in [4.78, 5) is 0. The number of aliphatic hydroxyl groups excluding tert-OH is 1. The molecule has 0 heterocycles. The summed E-state index contributed by atoms with van der Waals surface area (Å²) in [7, 11) is 1.65. The zero-order chi connectivity index (χ0) is 12.3. The number of halogens is 1. The number of hydrogen-bond acceptors (Lipinski definition) is 2. The molecule has 3 heteroatoms. The molecule has 0 bridgehead atoms. The Hall–Kier alpha value is -0.730.